The molecule has 1 aromatic heterocycles. The fraction of sp³-hybridized carbons (Fsp3) is 0.375. The third-order valence-electron chi connectivity index (χ3n) is 3.01. The van der Waals surface area contributed by atoms with E-state index in [0.29, 0.717) is 25.7 Å². The summed E-state index contributed by atoms with van der Waals surface area (Å²) in [4.78, 5) is 4.18. The van der Waals surface area contributed by atoms with Crippen LogP contribution in [0, 0.1) is 0 Å². The van der Waals surface area contributed by atoms with Crippen molar-refractivity contribution in [2.75, 3.05) is 32.7 Å². The van der Waals surface area contributed by atoms with Gasteiger partial charge in [-0.05, 0) is 12.1 Å². The SMILES string of the molecule is CN=C(NCc1ccon1)Nc1cccc(OCCCOC)c1. The molecule has 7 nitrogen and oxygen atoms in total. The first-order chi connectivity index (χ1) is 11.3. The first-order valence-corrected chi connectivity index (χ1v) is 7.40. The lowest BCUT2D eigenvalue weighted by atomic mass is 10.3. The maximum Gasteiger partial charge on any atom is 0.195 e. The first kappa shape index (κ1) is 16.8. The number of aromatic nitrogens is 1. The number of methoxy groups -OCH3 is 1. The summed E-state index contributed by atoms with van der Waals surface area (Å²) in [6.07, 6.45) is 2.40. The quantitative estimate of drug-likeness (QED) is 0.441. The minimum atomic E-state index is 0.531. The number of anilines is 1. The highest BCUT2D eigenvalue weighted by Gasteiger charge is 2.03. The molecule has 0 aliphatic heterocycles. The first-order valence-electron chi connectivity index (χ1n) is 7.40. The van der Waals surface area contributed by atoms with E-state index in [9.17, 15) is 0 Å². The van der Waals surface area contributed by atoms with Crippen LogP contribution in [-0.4, -0.2) is 38.5 Å². The van der Waals surface area contributed by atoms with Gasteiger partial charge < -0.3 is 24.6 Å². The summed E-state index contributed by atoms with van der Waals surface area (Å²) in [6.45, 7) is 1.84. The van der Waals surface area contributed by atoms with Crippen molar-refractivity contribution in [3.63, 3.8) is 0 Å². The van der Waals surface area contributed by atoms with Crippen LogP contribution in [0.2, 0.25) is 0 Å². The summed E-state index contributed by atoms with van der Waals surface area (Å²) in [5.41, 5.74) is 1.70. The number of hydrogen-bond acceptors (Lipinski definition) is 5. The van der Waals surface area contributed by atoms with Crippen molar-refractivity contribution in [2.24, 2.45) is 4.99 Å². The van der Waals surface area contributed by atoms with E-state index in [4.69, 9.17) is 14.0 Å². The Morgan fingerprint density at radius 2 is 2.22 bits per heavy atom. The van der Waals surface area contributed by atoms with Crippen molar-refractivity contribution in [1.82, 2.24) is 10.5 Å². The monoisotopic (exact) mass is 318 g/mol. The van der Waals surface area contributed by atoms with E-state index in [2.05, 4.69) is 20.8 Å². The van der Waals surface area contributed by atoms with E-state index in [1.807, 2.05) is 24.3 Å². The van der Waals surface area contributed by atoms with Crippen LogP contribution in [-0.2, 0) is 11.3 Å². The normalized spacial score (nSPS) is 11.3. The molecule has 0 radical (unpaired) electrons. The highest BCUT2D eigenvalue weighted by atomic mass is 16.5. The smallest absolute Gasteiger partial charge is 0.195 e. The minimum absolute atomic E-state index is 0.531. The van der Waals surface area contributed by atoms with E-state index in [0.717, 1.165) is 23.6 Å². The lowest BCUT2D eigenvalue weighted by Crippen LogP contribution is -2.30. The van der Waals surface area contributed by atoms with Crippen LogP contribution in [0.5, 0.6) is 5.75 Å². The lowest BCUT2D eigenvalue weighted by molar-refractivity contribution is 0.172. The molecule has 7 heteroatoms. The molecule has 0 fully saturated rings. The maximum atomic E-state index is 5.68. The number of benzene rings is 1. The summed E-state index contributed by atoms with van der Waals surface area (Å²) < 4.78 is 15.5. The number of ether oxygens (including phenoxy) is 2. The molecule has 0 amide bonds. The maximum absolute atomic E-state index is 5.68. The summed E-state index contributed by atoms with van der Waals surface area (Å²) >= 11 is 0. The Labute approximate surface area is 135 Å². The molecule has 2 rings (SSSR count). The molecule has 0 atom stereocenters. The largest absolute Gasteiger partial charge is 0.493 e. The molecule has 2 N–H and O–H groups in total. The van der Waals surface area contributed by atoms with E-state index >= 15 is 0 Å². The van der Waals surface area contributed by atoms with Gasteiger partial charge in [-0.3, -0.25) is 4.99 Å². The number of nitrogens with one attached hydrogen (secondary N) is 2. The second kappa shape index (κ2) is 9.47. The Hall–Kier alpha value is -2.54. The number of rotatable bonds is 8. The fourth-order valence-electron chi connectivity index (χ4n) is 1.88. The van der Waals surface area contributed by atoms with Gasteiger partial charge >= 0.3 is 0 Å². The summed E-state index contributed by atoms with van der Waals surface area (Å²) in [6, 6.07) is 9.53. The molecule has 23 heavy (non-hydrogen) atoms. The van der Waals surface area contributed by atoms with Crippen molar-refractivity contribution < 1.29 is 14.0 Å². The number of aliphatic imine (C=N–C) groups is 1. The van der Waals surface area contributed by atoms with Crippen LogP contribution >= 0.6 is 0 Å². The molecule has 1 heterocycles. The Bertz CT molecular complexity index is 599. The van der Waals surface area contributed by atoms with Gasteiger partial charge in [0.15, 0.2) is 5.96 Å². The second-order valence-corrected chi connectivity index (χ2v) is 4.76. The molecular formula is C16H22N4O3. The summed E-state index contributed by atoms with van der Waals surface area (Å²) in [5.74, 6) is 1.45. The average Bonchev–Trinajstić information content (AvgIpc) is 3.09. The highest BCUT2D eigenvalue weighted by Crippen LogP contribution is 2.17. The molecular weight excluding hydrogens is 296 g/mol. The van der Waals surface area contributed by atoms with E-state index in [1.54, 1.807) is 20.2 Å². The third kappa shape index (κ3) is 5.99. The minimum Gasteiger partial charge on any atom is -0.493 e. The van der Waals surface area contributed by atoms with Gasteiger partial charge in [-0.25, -0.2) is 0 Å². The Morgan fingerprint density at radius 1 is 1.30 bits per heavy atom. The predicted molar refractivity (Wildman–Crippen MR) is 88.8 cm³/mol. The molecule has 124 valence electrons. The Morgan fingerprint density at radius 3 is 2.96 bits per heavy atom. The van der Waals surface area contributed by atoms with Crippen LogP contribution in [0.4, 0.5) is 5.69 Å². The van der Waals surface area contributed by atoms with Gasteiger partial charge in [0, 0.05) is 45.0 Å². The topological polar surface area (TPSA) is 80.9 Å². The standard InChI is InChI=1S/C16H22N4O3/c1-17-16(18-12-14-7-10-23-20-14)19-13-5-3-6-15(11-13)22-9-4-8-21-2/h3,5-7,10-11H,4,8-9,12H2,1-2H3,(H2,17,18,19). The molecule has 0 saturated carbocycles. The van der Waals surface area contributed by atoms with Crippen molar-refractivity contribution in [3.8, 4) is 5.75 Å². The van der Waals surface area contributed by atoms with Crippen LogP contribution in [0.15, 0.2) is 46.1 Å². The molecule has 0 saturated heterocycles. The van der Waals surface area contributed by atoms with Gasteiger partial charge in [-0.1, -0.05) is 11.2 Å². The summed E-state index contributed by atoms with van der Waals surface area (Å²) in [5, 5.41) is 10.2. The molecule has 2 aromatic rings. The van der Waals surface area contributed by atoms with Gasteiger partial charge in [0.25, 0.3) is 0 Å². The molecule has 0 bridgehead atoms. The summed E-state index contributed by atoms with van der Waals surface area (Å²) in [7, 11) is 3.39. The number of nitrogens with zero attached hydrogens (tertiary/aromatic N) is 2. The van der Waals surface area contributed by atoms with Crippen LogP contribution in [0.1, 0.15) is 12.1 Å². The predicted octanol–water partition coefficient (Wildman–Crippen LogP) is 2.28. The second-order valence-electron chi connectivity index (χ2n) is 4.76. The van der Waals surface area contributed by atoms with Crippen LogP contribution in [0.25, 0.3) is 0 Å². The van der Waals surface area contributed by atoms with E-state index in [1.165, 1.54) is 6.26 Å². The molecule has 1 aromatic carbocycles. The van der Waals surface area contributed by atoms with Crippen molar-refractivity contribution in [3.05, 3.63) is 42.3 Å². The zero-order chi connectivity index (χ0) is 16.3. The van der Waals surface area contributed by atoms with Gasteiger partial charge in [0.05, 0.1) is 13.2 Å². The Kier molecular flexibility index (Phi) is 6.93. The molecule has 0 spiro atoms. The zero-order valence-electron chi connectivity index (χ0n) is 13.4. The molecule has 0 aliphatic rings. The average molecular weight is 318 g/mol. The van der Waals surface area contributed by atoms with Gasteiger partial charge in [-0.15, -0.1) is 0 Å². The molecule has 0 aliphatic carbocycles. The van der Waals surface area contributed by atoms with Crippen molar-refractivity contribution >= 4 is 11.6 Å². The van der Waals surface area contributed by atoms with Crippen molar-refractivity contribution in [1.29, 1.82) is 0 Å². The Balaban J connectivity index is 1.85. The fourth-order valence-corrected chi connectivity index (χ4v) is 1.88. The third-order valence-corrected chi connectivity index (χ3v) is 3.01. The number of guanidine groups is 1. The highest BCUT2D eigenvalue weighted by molar-refractivity contribution is 5.93. The number of hydrogen-bond donors (Lipinski definition) is 2. The van der Waals surface area contributed by atoms with Gasteiger partial charge in [0.1, 0.15) is 17.7 Å². The lowest BCUT2D eigenvalue weighted by Gasteiger charge is -2.12. The van der Waals surface area contributed by atoms with E-state index in [-0.39, 0.29) is 0 Å². The van der Waals surface area contributed by atoms with Crippen LogP contribution < -0.4 is 15.4 Å². The zero-order valence-corrected chi connectivity index (χ0v) is 13.4. The molecule has 0 unspecified atom stereocenters. The van der Waals surface area contributed by atoms with Gasteiger partial charge in [-0.2, -0.15) is 0 Å². The van der Waals surface area contributed by atoms with Gasteiger partial charge in [0.2, 0.25) is 0 Å². The van der Waals surface area contributed by atoms with E-state index < -0.39 is 0 Å². The van der Waals surface area contributed by atoms with Crippen molar-refractivity contribution in [2.45, 2.75) is 13.0 Å². The van der Waals surface area contributed by atoms with Crippen LogP contribution in [0.3, 0.4) is 0 Å².